The molecular formula is C18H15BrN2O3S2. The molecule has 0 unspecified atom stereocenters. The summed E-state index contributed by atoms with van der Waals surface area (Å²) in [7, 11) is 1.62. The minimum Gasteiger partial charge on any atom is -0.496 e. The van der Waals surface area contributed by atoms with Gasteiger partial charge >= 0.3 is 0 Å². The van der Waals surface area contributed by atoms with Gasteiger partial charge in [0.05, 0.1) is 19.1 Å². The lowest BCUT2D eigenvalue weighted by Crippen LogP contribution is -2.22. The number of hydrazone groups is 1. The third kappa shape index (κ3) is 4.63. The van der Waals surface area contributed by atoms with E-state index in [2.05, 4.69) is 21.0 Å². The van der Waals surface area contributed by atoms with Crippen LogP contribution in [0.4, 0.5) is 0 Å². The zero-order valence-electron chi connectivity index (χ0n) is 13.8. The van der Waals surface area contributed by atoms with Crippen molar-refractivity contribution in [3.05, 3.63) is 58.1 Å². The van der Waals surface area contributed by atoms with Crippen molar-refractivity contribution in [2.24, 2.45) is 5.10 Å². The average Bonchev–Trinajstić information content (AvgIpc) is 2.96. The summed E-state index contributed by atoms with van der Waals surface area (Å²) in [6.45, 7) is 0.345. The minimum atomic E-state index is -0.108. The monoisotopic (exact) mass is 450 g/mol. The molecule has 0 aromatic heterocycles. The van der Waals surface area contributed by atoms with Gasteiger partial charge in [-0.1, -0.05) is 46.0 Å². The van der Waals surface area contributed by atoms with Crippen LogP contribution < -0.4 is 9.47 Å². The maximum atomic E-state index is 11.7. The zero-order chi connectivity index (χ0) is 18.5. The number of thioether (sulfide) groups is 1. The Labute approximate surface area is 169 Å². The molecule has 0 radical (unpaired) electrons. The number of carbonyl (C=O) groups is 1. The largest absolute Gasteiger partial charge is 0.496 e. The lowest BCUT2D eigenvalue weighted by atomic mass is 10.1. The number of ether oxygens (including phenoxy) is 2. The first kappa shape index (κ1) is 18.9. The Hall–Kier alpha value is -1.90. The molecule has 26 heavy (non-hydrogen) atoms. The molecule has 134 valence electrons. The molecule has 2 aromatic carbocycles. The number of hydrogen-bond donors (Lipinski definition) is 0. The Morgan fingerprint density at radius 3 is 2.88 bits per heavy atom. The first-order chi connectivity index (χ1) is 12.6. The van der Waals surface area contributed by atoms with Crippen LogP contribution in [0.1, 0.15) is 11.1 Å². The third-order valence-electron chi connectivity index (χ3n) is 3.55. The number of methoxy groups -OCH3 is 1. The van der Waals surface area contributed by atoms with Gasteiger partial charge < -0.3 is 9.47 Å². The molecule has 1 fully saturated rings. The highest BCUT2D eigenvalue weighted by Gasteiger charge is 2.25. The van der Waals surface area contributed by atoms with Crippen molar-refractivity contribution in [3.8, 4) is 11.5 Å². The zero-order valence-corrected chi connectivity index (χ0v) is 17.1. The van der Waals surface area contributed by atoms with Crippen LogP contribution in [0.5, 0.6) is 11.5 Å². The average molecular weight is 451 g/mol. The third-order valence-corrected chi connectivity index (χ3v) is 5.38. The van der Waals surface area contributed by atoms with Gasteiger partial charge in [0.15, 0.2) is 4.32 Å². The van der Waals surface area contributed by atoms with Gasteiger partial charge in [-0.3, -0.25) is 4.79 Å². The molecule has 0 atom stereocenters. The number of nitrogens with zero attached hydrogens (tertiary/aromatic N) is 2. The first-order valence-electron chi connectivity index (χ1n) is 7.66. The van der Waals surface area contributed by atoms with E-state index in [1.54, 1.807) is 13.3 Å². The summed E-state index contributed by atoms with van der Waals surface area (Å²) in [4.78, 5) is 11.7. The Morgan fingerprint density at radius 2 is 2.19 bits per heavy atom. The highest BCUT2D eigenvalue weighted by atomic mass is 79.9. The van der Waals surface area contributed by atoms with Crippen molar-refractivity contribution in [1.29, 1.82) is 0 Å². The fraction of sp³-hybridized carbons (Fsp3) is 0.167. The van der Waals surface area contributed by atoms with Crippen LogP contribution in [0.3, 0.4) is 0 Å². The van der Waals surface area contributed by atoms with Gasteiger partial charge in [-0.25, -0.2) is 0 Å². The van der Waals surface area contributed by atoms with Crippen LogP contribution in [0.15, 0.2) is 52.0 Å². The molecule has 0 N–H and O–H groups in total. The molecule has 1 amide bonds. The standard InChI is InChI=1S/C18H15BrN2O3S2/c1-23-16-6-5-12(9-20-21-17(22)11-26-18(21)25)7-13(16)10-24-15-4-2-3-14(19)8-15/h2-9H,10-11H2,1H3. The van der Waals surface area contributed by atoms with Gasteiger partial charge in [0.25, 0.3) is 5.91 Å². The van der Waals surface area contributed by atoms with Crippen molar-refractivity contribution >= 4 is 56.4 Å². The van der Waals surface area contributed by atoms with E-state index in [0.29, 0.717) is 16.7 Å². The van der Waals surface area contributed by atoms with E-state index in [1.165, 1.54) is 16.8 Å². The molecule has 8 heteroatoms. The molecule has 1 heterocycles. The molecule has 0 bridgehead atoms. The van der Waals surface area contributed by atoms with Crippen LogP contribution in [-0.2, 0) is 11.4 Å². The van der Waals surface area contributed by atoms with E-state index < -0.39 is 0 Å². The van der Waals surface area contributed by atoms with Crippen molar-refractivity contribution in [2.75, 3.05) is 12.9 Å². The predicted molar refractivity (Wildman–Crippen MR) is 111 cm³/mol. The molecule has 0 saturated carbocycles. The van der Waals surface area contributed by atoms with Gasteiger partial charge in [0.1, 0.15) is 18.1 Å². The summed E-state index contributed by atoms with van der Waals surface area (Å²) >= 11 is 9.85. The number of halogens is 1. The SMILES string of the molecule is COc1ccc(C=NN2C(=O)CSC2=S)cc1COc1cccc(Br)c1. The molecule has 1 aliphatic heterocycles. The van der Waals surface area contributed by atoms with Crippen LogP contribution in [0.25, 0.3) is 0 Å². The number of rotatable bonds is 6. The summed E-state index contributed by atoms with van der Waals surface area (Å²) in [5, 5.41) is 5.44. The fourth-order valence-corrected chi connectivity index (χ4v) is 3.64. The van der Waals surface area contributed by atoms with Crippen LogP contribution >= 0.6 is 39.9 Å². The highest BCUT2D eigenvalue weighted by Crippen LogP contribution is 2.24. The van der Waals surface area contributed by atoms with Gasteiger partial charge in [0.2, 0.25) is 0 Å². The second kappa shape index (κ2) is 8.66. The summed E-state index contributed by atoms with van der Waals surface area (Å²) in [5.41, 5.74) is 1.70. The van der Waals surface area contributed by atoms with Gasteiger partial charge in [-0.05, 0) is 42.0 Å². The van der Waals surface area contributed by atoms with Crippen LogP contribution in [0.2, 0.25) is 0 Å². The maximum absolute atomic E-state index is 11.7. The normalized spacial score (nSPS) is 14.3. The van der Waals surface area contributed by atoms with Gasteiger partial charge in [-0.15, -0.1) is 0 Å². The Morgan fingerprint density at radius 1 is 1.35 bits per heavy atom. The maximum Gasteiger partial charge on any atom is 0.259 e. The predicted octanol–water partition coefficient (Wildman–Crippen LogP) is 4.23. The second-order valence-electron chi connectivity index (χ2n) is 5.32. The second-order valence-corrected chi connectivity index (χ2v) is 7.85. The minimum absolute atomic E-state index is 0.108. The number of hydrogen-bond acceptors (Lipinski definition) is 6. The van der Waals surface area contributed by atoms with Crippen LogP contribution in [0, 0.1) is 0 Å². The van der Waals surface area contributed by atoms with E-state index in [-0.39, 0.29) is 5.91 Å². The van der Waals surface area contributed by atoms with Crippen molar-refractivity contribution in [2.45, 2.75) is 6.61 Å². The lowest BCUT2D eigenvalue weighted by molar-refractivity contribution is -0.123. The number of amides is 1. The quantitative estimate of drug-likeness (QED) is 0.486. The molecular weight excluding hydrogens is 436 g/mol. The first-order valence-corrected chi connectivity index (χ1v) is 9.84. The molecule has 0 spiro atoms. The van der Waals surface area contributed by atoms with Gasteiger partial charge in [-0.2, -0.15) is 10.1 Å². The van der Waals surface area contributed by atoms with Crippen molar-refractivity contribution in [3.63, 3.8) is 0 Å². The molecule has 1 aliphatic rings. The molecule has 0 aliphatic carbocycles. The Balaban J connectivity index is 1.75. The van der Waals surface area contributed by atoms with Gasteiger partial charge in [0, 0.05) is 10.0 Å². The smallest absolute Gasteiger partial charge is 0.259 e. The summed E-state index contributed by atoms with van der Waals surface area (Å²) < 4.78 is 12.7. The lowest BCUT2D eigenvalue weighted by Gasteiger charge is -2.12. The van der Waals surface area contributed by atoms with E-state index in [4.69, 9.17) is 21.7 Å². The van der Waals surface area contributed by atoms with Crippen LogP contribution in [-0.4, -0.2) is 34.3 Å². The topological polar surface area (TPSA) is 51.1 Å². The summed E-state index contributed by atoms with van der Waals surface area (Å²) in [6, 6.07) is 13.3. The summed E-state index contributed by atoms with van der Waals surface area (Å²) in [6.07, 6.45) is 1.61. The molecule has 1 saturated heterocycles. The number of carbonyl (C=O) groups excluding carboxylic acids is 1. The molecule has 3 rings (SSSR count). The Kier molecular flexibility index (Phi) is 6.29. The van der Waals surface area contributed by atoms with Crippen molar-refractivity contribution in [1.82, 2.24) is 5.01 Å². The van der Waals surface area contributed by atoms with E-state index in [0.717, 1.165) is 27.1 Å². The number of benzene rings is 2. The molecule has 2 aromatic rings. The van der Waals surface area contributed by atoms with Crippen molar-refractivity contribution < 1.29 is 14.3 Å². The summed E-state index contributed by atoms with van der Waals surface area (Å²) in [5.74, 6) is 1.71. The Bertz CT molecular complexity index is 857. The fourth-order valence-electron chi connectivity index (χ4n) is 2.29. The number of thiocarbonyl (C=S) groups is 1. The highest BCUT2D eigenvalue weighted by molar-refractivity contribution is 9.10. The van der Waals surface area contributed by atoms with E-state index in [9.17, 15) is 4.79 Å². The molecule has 5 nitrogen and oxygen atoms in total. The van der Waals surface area contributed by atoms with E-state index >= 15 is 0 Å². The van der Waals surface area contributed by atoms with E-state index in [1.807, 2.05) is 42.5 Å².